The predicted octanol–water partition coefficient (Wildman–Crippen LogP) is 1.88. The van der Waals surface area contributed by atoms with Crippen LogP contribution in [0.15, 0.2) is 6.20 Å². The Bertz CT molecular complexity index is 344. The minimum atomic E-state index is 0.354. The Labute approximate surface area is 97.0 Å². The van der Waals surface area contributed by atoms with Crippen molar-refractivity contribution in [1.29, 1.82) is 0 Å². The highest BCUT2D eigenvalue weighted by Gasteiger charge is 2.26. The smallest absolute Gasteiger partial charge is 0.161 e. The average Bonchev–Trinajstić information content (AvgIpc) is 2.59. The fraction of sp³-hybridized carbons (Fsp3) is 0.750. The van der Waals surface area contributed by atoms with Crippen LogP contribution < -0.4 is 10.1 Å². The quantitative estimate of drug-likeness (QED) is 0.828. The fourth-order valence-electron chi connectivity index (χ4n) is 2.41. The van der Waals surface area contributed by atoms with Crippen LogP contribution >= 0.6 is 0 Å². The summed E-state index contributed by atoms with van der Waals surface area (Å²) in [6.45, 7) is 0. The summed E-state index contributed by atoms with van der Waals surface area (Å²) >= 11 is 0. The van der Waals surface area contributed by atoms with Crippen LogP contribution in [0.5, 0.6) is 5.75 Å². The molecule has 4 nitrogen and oxygen atoms in total. The second kappa shape index (κ2) is 4.87. The van der Waals surface area contributed by atoms with Crippen LogP contribution in [-0.2, 0) is 7.05 Å². The standard InChI is InChI=1S/C12H21N3O/c1-13-10(7-9-5-4-6-9)12-11(16-3)8-14-15(12)2/h8-10,13H,4-7H2,1-3H3. The molecule has 2 rings (SSSR count). The van der Waals surface area contributed by atoms with Gasteiger partial charge in [-0.25, -0.2) is 0 Å². The van der Waals surface area contributed by atoms with Crippen LogP contribution in [-0.4, -0.2) is 23.9 Å². The Balaban J connectivity index is 2.13. The molecule has 1 aromatic heterocycles. The molecule has 1 N–H and O–H groups in total. The molecular weight excluding hydrogens is 202 g/mol. The topological polar surface area (TPSA) is 39.1 Å². The van der Waals surface area contributed by atoms with Crippen LogP contribution in [0.3, 0.4) is 0 Å². The minimum absolute atomic E-state index is 0.354. The Hall–Kier alpha value is -1.03. The molecule has 1 saturated carbocycles. The number of nitrogens with zero attached hydrogens (tertiary/aromatic N) is 2. The summed E-state index contributed by atoms with van der Waals surface area (Å²) in [6, 6.07) is 0.354. The van der Waals surface area contributed by atoms with Crippen molar-refractivity contribution in [1.82, 2.24) is 15.1 Å². The van der Waals surface area contributed by atoms with Gasteiger partial charge in [0.25, 0.3) is 0 Å². The fourth-order valence-corrected chi connectivity index (χ4v) is 2.41. The summed E-state index contributed by atoms with van der Waals surface area (Å²) < 4.78 is 7.27. The normalized spacial score (nSPS) is 18.2. The third kappa shape index (κ3) is 2.07. The first-order chi connectivity index (χ1) is 7.76. The number of hydrogen-bond donors (Lipinski definition) is 1. The molecule has 0 aromatic carbocycles. The Morgan fingerprint density at radius 2 is 2.38 bits per heavy atom. The van der Waals surface area contributed by atoms with Gasteiger partial charge >= 0.3 is 0 Å². The molecule has 0 radical (unpaired) electrons. The van der Waals surface area contributed by atoms with E-state index in [1.807, 2.05) is 18.8 Å². The highest BCUT2D eigenvalue weighted by Crippen LogP contribution is 2.36. The van der Waals surface area contributed by atoms with Crippen molar-refractivity contribution in [3.8, 4) is 5.75 Å². The van der Waals surface area contributed by atoms with Crippen molar-refractivity contribution in [2.24, 2.45) is 13.0 Å². The first-order valence-corrected chi connectivity index (χ1v) is 5.99. The maximum atomic E-state index is 5.36. The van der Waals surface area contributed by atoms with E-state index in [4.69, 9.17) is 4.74 Å². The lowest BCUT2D eigenvalue weighted by Gasteiger charge is -2.29. The molecule has 1 aromatic rings. The van der Waals surface area contributed by atoms with Crippen molar-refractivity contribution >= 4 is 0 Å². The van der Waals surface area contributed by atoms with E-state index < -0.39 is 0 Å². The molecule has 1 heterocycles. The molecule has 4 heteroatoms. The van der Waals surface area contributed by atoms with Gasteiger partial charge in [0.1, 0.15) is 0 Å². The Morgan fingerprint density at radius 3 is 2.88 bits per heavy atom. The van der Waals surface area contributed by atoms with Gasteiger partial charge in [0.2, 0.25) is 0 Å². The molecule has 0 aliphatic heterocycles. The molecular formula is C12H21N3O. The first kappa shape index (κ1) is 11.5. The Kier molecular flexibility index (Phi) is 3.49. The van der Waals surface area contributed by atoms with E-state index in [0.29, 0.717) is 6.04 Å². The maximum absolute atomic E-state index is 5.36. The zero-order valence-corrected chi connectivity index (χ0v) is 10.4. The first-order valence-electron chi connectivity index (χ1n) is 5.99. The molecule has 0 bridgehead atoms. The number of aromatic nitrogens is 2. The van der Waals surface area contributed by atoms with Gasteiger partial charge in [-0.05, 0) is 19.4 Å². The van der Waals surface area contributed by atoms with Crippen LogP contribution in [0.2, 0.25) is 0 Å². The molecule has 1 atom stereocenters. The van der Waals surface area contributed by atoms with E-state index in [2.05, 4.69) is 10.4 Å². The molecule has 1 aliphatic rings. The molecule has 1 unspecified atom stereocenters. The number of nitrogens with one attached hydrogen (secondary N) is 1. The van der Waals surface area contributed by atoms with Gasteiger partial charge in [0, 0.05) is 7.05 Å². The summed E-state index contributed by atoms with van der Waals surface area (Å²) in [4.78, 5) is 0. The third-order valence-electron chi connectivity index (χ3n) is 3.64. The van der Waals surface area contributed by atoms with E-state index in [0.717, 1.165) is 17.4 Å². The summed E-state index contributed by atoms with van der Waals surface area (Å²) in [6.07, 6.45) is 7.12. The summed E-state index contributed by atoms with van der Waals surface area (Å²) in [5, 5.41) is 7.64. The van der Waals surface area contributed by atoms with Crippen molar-refractivity contribution in [2.75, 3.05) is 14.2 Å². The minimum Gasteiger partial charge on any atom is -0.493 e. The molecule has 1 fully saturated rings. The molecule has 90 valence electrons. The van der Waals surface area contributed by atoms with E-state index in [-0.39, 0.29) is 0 Å². The van der Waals surface area contributed by atoms with Gasteiger partial charge in [-0.2, -0.15) is 5.10 Å². The molecule has 0 saturated heterocycles. The van der Waals surface area contributed by atoms with Crippen molar-refractivity contribution in [2.45, 2.75) is 31.7 Å². The molecule has 0 spiro atoms. The predicted molar refractivity (Wildman–Crippen MR) is 63.5 cm³/mol. The van der Waals surface area contributed by atoms with Crippen molar-refractivity contribution in [3.63, 3.8) is 0 Å². The lowest BCUT2D eigenvalue weighted by atomic mass is 9.80. The van der Waals surface area contributed by atoms with Crippen molar-refractivity contribution < 1.29 is 4.74 Å². The molecule has 0 amide bonds. The van der Waals surface area contributed by atoms with Crippen LogP contribution in [0, 0.1) is 5.92 Å². The summed E-state index contributed by atoms with van der Waals surface area (Å²) in [5.41, 5.74) is 1.16. The van der Waals surface area contributed by atoms with Gasteiger partial charge in [0.05, 0.1) is 25.0 Å². The summed E-state index contributed by atoms with van der Waals surface area (Å²) in [5.74, 6) is 1.76. The van der Waals surface area contributed by atoms with E-state index in [1.54, 1.807) is 13.3 Å². The largest absolute Gasteiger partial charge is 0.493 e. The average molecular weight is 223 g/mol. The lowest BCUT2D eigenvalue weighted by Crippen LogP contribution is -2.25. The van der Waals surface area contributed by atoms with Gasteiger partial charge in [-0.3, -0.25) is 4.68 Å². The monoisotopic (exact) mass is 223 g/mol. The number of rotatable bonds is 5. The second-order valence-corrected chi connectivity index (χ2v) is 4.60. The van der Waals surface area contributed by atoms with E-state index in [1.165, 1.54) is 25.7 Å². The third-order valence-corrected chi connectivity index (χ3v) is 3.64. The zero-order chi connectivity index (χ0) is 11.5. The maximum Gasteiger partial charge on any atom is 0.161 e. The number of aryl methyl sites for hydroxylation is 1. The van der Waals surface area contributed by atoms with E-state index >= 15 is 0 Å². The number of hydrogen-bond acceptors (Lipinski definition) is 3. The highest BCUT2D eigenvalue weighted by molar-refractivity contribution is 5.28. The van der Waals surface area contributed by atoms with Gasteiger partial charge in [-0.15, -0.1) is 0 Å². The van der Waals surface area contributed by atoms with Crippen LogP contribution in [0.1, 0.15) is 37.4 Å². The molecule has 16 heavy (non-hydrogen) atoms. The van der Waals surface area contributed by atoms with Gasteiger partial charge < -0.3 is 10.1 Å². The Morgan fingerprint density at radius 1 is 1.62 bits per heavy atom. The highest BCUT2D eigenvalue weighted by atomic mass is 16.5. The lowest BCUT2D eigenvalue weighted by molar-refractivity contribution is 0.258. The van der Waals surface area contributed by atoms with Gasteiger partial charge in [0.15, 0.2) is 5.75 Å². The van der Waals surface area contributed by atoms with Crippen molar-refractivity contribution in [3.05, 3.63) is 11.9 Å². The zero-order valence-electron chi connectivity index (χ0n) is 10.4. The number of methoxy groups -OCH3 is 1. The second-order valence-electron chi connectivity index (χ2n) is 4.60. The van der Waals surface area contributed by atoms with Crippen LogP contribution in [0.4, 0.5) is 0 Å². The molecule has 1 aliphatic carbocycles. The van der Waals surface area contributed by atoms with E-state index in [9.17, 15) is 0 Å². The SMILES string of the molecule is CNC(CC1CCC1)c1c(OC)cnn1C. The summed E-state index contributed by atoms with van der Waals surface area (Å²) in [7, 11) is 5.69. The van der Waals surface area contributed by atoms with Gasteiger partial charge in [-0.1, -0.05) is 19.3 Å². The number of ether oxygens (including phenoxy) is 1. The van der Waals surface area contributed by atoms with Crippen LogP contribution in [0.25, 0.3) is 0 Å².